The summed E-state index contributed by atoms with van der Waals surface area (Å²) >= 11 is 0. The summed E-state index contributed by atoms with van der Waals surface area (Å²) in [5.74, 6) is 1.43. The van der Waals surface area contributed by atoms with E-state index in [9.17, 15) is 4.21 Å². The molecule has 1 aliphatic heterocycles. The van der Waals surface area contributed by atoms with E-state index in [2.05, 4.69) is 49.2 Å². The minimum absolute atomic E-state index is 0.408. The lowest BCUT2D eigenvalue weighted by Gasteiger charge is -2.18. The van der Waals surface area contributed by atoms with Crippen LogP contribution in [-0.4, -0.2) is 26.8 Å². The molecule has 6 nitrogen and oxygen atoms in total. The van der Waals surface area contributed by atoms with Crippen molar-refractivity contribution in [2.45, 2.75) is 30.2 Å². The predicted octanol–water partition coefficient (Wildman–Crippen LogP) is 3.69. The van der Waals surface area contributed by atoms with Gasteiger partial charge in [-0.15, -0.1) is 0 Å². The number of hydrogen-bond acceptors (Lipinski definition) is 5. The Morgan fingerprint density at radius 1 is 1.04 bits per heavy atom. The predicted molar refractivity (Wildman–Crippen MR) is 111 cm³/mol. The molecular formula is C21H21N5OS. The average Bonchev–Trinajstić information content (AvgIpc) is 3.44. The van der Waals surface area contributed by atoms with Crippen LogP contribution in [-0.2, 0) is 17.4 Å². The van der Waals surface area contributed by atoms with Gasteiger partial charge in [0.1, 0.15) is 16.8 Å². The highest BCUT2D eigenvalue weighted by molar-refractivity contribution is 7.83. The van der Waals surface area contributed by atoms with E-state index in [1.807, 2.05) is 30.3 Å². The van der Waals surface area contributed by atoms with Gasteiger partial charge in [0, 0.05) is 30.2 Å². The number of nitrogens with one attached hydrogen (secondary N) is 2. The first-order chi connectivity index (χ1) is 13.8. The van der Waals surface area contributed by atoms with Crippen molar-refractivity contribution in [1.82, 2.24) is 14.7 Å². The fourth-order valence-corrected chi connectivity index (χ4v) is 4.41. The molecule has 0 amide bonds. The lowest BCUT2D eigenvalue weighted by molar-refractivity contribution is 0.671. The van der Waals surface area contributed by atoms with Crippen LogP contribution in [0, 0.1) is 0 Å². The van der Waals surface area contributed by atoms with Crippen molar-refractivity contribution in [2.75, 3.05) is 16.8 Å². The fraction of sp³-hybridized carbons (Fsp3) is 0.238. The summed E-state index contributed by atoms with van der Waals surface area (Å²) in [6, 6.07) is 18.3. The molecule has 1 fully saturated rings. The fourth-order valence-electron chi connectivity index (χ4n) is 3.35. The Bertz CT molecular complexity index is 1020. The van der Waals surface area contributed by atoms with Crippen molar-refractivity contribution in [3.63, 3.8) is 0 Å². The summed E-state index contributed by atoms with van der Waals surface area (Å²) in [6.07, 6.45) is 5.02. The SMILES string of the molecule is O=S(NC1CC1)c1ccc(Nc2nccc(N3CCc4ccccc43)n2)cc1. The van der Waals surface area contributed by atoms with Crippen LogP contribution >= 0.6 is 0 Å². The standard InChI is InChI=1S/C21H21N5OS/c27-28(25-17-5-6-17)18-9-7-16(8-10-18)23-21-22-13-11-20(24-21)26-14-12-15-3-1-2-4-19(15)26/h1-4,7-11,13,17,25H,5-6,12,14H2,(H,22,23,24). The summed E-state index contributed by atoms with van der Waals surface area (Å²) in [6.45, 7) is 0.921. The molecule has 142 valence electrons. The minimum atomic E-state index is -1.15. The maximum atomic E-state index is 12.2. The molecule has 1 atom stereocenters. The Hall–Kier alpha value is -2.77. The number of nitrogens with zero attached hydrogens (tertiary/aromatic N) is 3. The molecule has 28 heavy (non-hydrogen) atoms. The first-order valence-corrected chi connectivity index (χ1v) is 10.6. The van der Waals surface area contributed by atoms with Crippen LogP contribution in [0.1, 0.15) is 18.4 Å². The van der Waals surface area contributed by atoms with Crippen molar-refractivity contribution >= 4 is 34.1 Å². The van der Waals surface area contributed by atoms with Gasteiger partial charge in [-0.25, -0.2) is 13.9 Å². The van der Waals surface area contributed by atoms with Gasteiger partial charge in [-0.2, -0.15) is 4.98 Å². The van der Waals surface area contributed by atoms with E-state index in [-0.39, 0.29) is 0 Å². The Balaban J connectivity index is 1.31. The van der Waals surface area contributed by atoms with Crippen LogP contribution in [0.15, 0.2) is 65.7 Å². The summed E-state index contributed by atoms with van der Waals surface area (Å²) < 4.78 is 15.3. The molecule has 0 saturated heterocycles. The highest BCUT2D eigenvalue weighted by Crippen LogP contribution is 2.33. The van der Waals surface area contributed by atoms with E-state index in [1.165, 1.54) is 11.3 Å². The van der Waals surface area contributed by atoms with E-state index >= 15 is 0 Å². The van der Waals surface area contributed by atoms with Crippen molar-refractivity contribution in [3.8, 4) is 0 Å². The third-order valence-electron chi connectivity index (χ3n) is 4.98. The molecule has 1 aliphatic carbocycles. The van der Waals surface area contributed by atoms with Gasteiger partial charge in [0.05, 0.1) is 4.90 Å². The topological polar surface area (TPSA) is 70.2 Å². The summed E-state index contributed by atoms with van der Waals surface area (Å²) in [5, 5.41) is 3.24. The Kier molecular flexibility index (Phi) is 4.54. The molecule has 2 heterocycles. The maximum Gasteiger partial charge on any atom is 0.229 e. The van der Waals surface area contributed by atoms with Crippen molar-refractivity contribution in [2.24, 2.45) is 0 Å². The van der Waals surface area contributed by atoms with Gasteiger partial charge >= 0.3 is 0 Å². The highest BCUT2D eigenvalue weighted by Gasteiger charge is 2.23. The van der Waals surface area contributed by atoms with Crippen LogP contribution in [0.3, 0.4) is 0 Å². The van der Waals surface area contributed by atoms with Crippen molar-refractivity contribution in [3.05, 3.63) is 66.4 Å². The lowest BCUT2D eigenvalue weighted by Crippen LogP contribution is -2.19. The van der Waals surface area contributed by atoms with Gasteiger partial charge in [0.15, 0.2) is 0 Å². The molecular weight excluding hydrogens is 370 g/mol. The van der Waals surface area contributed by atoms with Crippen molar-refractivity contribution < 1.29 is 4.21 Å². The molecule has 1 aromatic heterocycles. The van der Waals surface area contributed by atoms with Crippen LogP contribution in [0.5, 0.6) is 0 Å². The molecule has 2 N–H and O–H groups in total. The first kappa shape index (κ1) is 17.3. The second-order valence-corrected chi connectivity index (χ2v) is 8.32. The Morgan fingerprint density at radius 2 is 1.86 bits per heavy atom. The molecule has 3 aromatic rings. The molecule has 1 unspecified atom stereocenters. The Labute approximate surface area is 166 Å². The minimum Gasteiger partial charge on any atom is -0.326 e. The number of rotatable bonds is 6. The smallest absolute Gasteiger partial charge is 0.229 e. The van der Waals surface area contributed by atoms with E-state index in [1.54, 1.807) is 6.20 Å². The van der Waals surface area contributed by atoms with Crippen LogP contribution in [0.25, 0.3) is 0 Å². The van der Waals surface area contributed by atoms with Gasteiger partial charge in [0.25, 0.3) is 0 Å². The van der Waals surface area contributed by atoms with Gasteiger partial charge in [-0.1, -0.05) is 18.2 Å². The maximum absolute atomic E-state index is 12.2. The number of benzene rings is 2. The summed E-state index contributed by atoms with van der Waals surface area (Å²) in [4.78, 5) is 12.0. The highest BCUT2D eigenvalue weighted by atomic mass is 32.2. The zero-order chi connectivity index (χ0) is 18.9. The average molecular weight is 392 g/mol. The second-order valence-electron chi connectivity index (χ2n) is 7.08. The summed E-state index contributed by atoms with van der Waals surface area (Å²) in [7, 11) is -1.15. The van der Waals surface area contributed by atoms with Crippen LogP contribution in [0.2, 0.25) is 0 Å². The van der Waals surface area contributed by atoms with Crippen molar-refractivity contribution in [1.29, 1.82) is 0 Å². The van der Waals surface area contributed by atoms with Gasteiger partial charge in [-0.3, -0.25) is 0 Å². The number of aromatic nitrogens is 2. The van der Waals surface area contributed by atoms with E-state index in [0.29, 0.717) is 12.0 Å². The molecule has 0 radical (unpaired) electrons. The number of fused-ring (bicyclic) bond motifs is 1. The molecule has 0 bridgehead atoms. The zero-order valence-electron chi connectivity index (χ0n) is 15.3. The summed E-state index contributed by atoms with van der Waals surface area (Å²) in [5.41, 5.74) is 3.42. The third kappa shape index (κ3) is 3.63. The number of hydrogen-bond donors (Lipinski definition) is 2. The normalized spacial score (nSPS) is 16.6. The molecule has 2 aromatic carbocycles. The van der Waals surface area contributed by atoms with Crippen LogP contribution in [0.4, 0.5) is 23.1 Å². The molecule has 5 rings (SSSR count). The molecule has 2 aliphatic rings. The number of anilines is 4. The van der Waals surface area contributed by atoms with E-state index < -0.39 is 11.0 Å². The first-order valence-electron chi connectivity index (χ1n) is 9.50. The molecule has 1 saturated carbocycles. The molecule has 0 spiro atoms. The monoisotopic (exact) mass is 391 g/mol. The Morgan fingerprint density at radius 3 is 2.68 bits per heavy atom. The van der Waals surface area contributed by atoms with Crippen LogP contribution < -0.4 is 14.9 Å². The van der Waals surface area contributed by atoms with Gasteiger partial charge in [-0.05, 0) is 61.2 Å². The van der Waals surface area contributed by atoms with E-state index in [0.717, 1.165) is 42.2 Å². The lowest BCUT2D eigenvalue weighted by atomic mass is 10.2. The number of para-hydroxylation sites is 1. The van der Waals surface area contributed by atoms with E-state index in [4.69, 9.17) is 0 Å². The quantitative estimate of drug-likeness (QED) is 0.671. The largest absolute Gasteiger partial charge is 0.326 e. The zero-order valence-corrected chi connectivity index (χ0v) is 16.2. The second kappa shape index (κ2) is 7.33. The molecule has 7 heteroatoms. The van der Waals surface area contributed by atoms with Gasteiger partial charge in [0.2, 0.25) is 5.95 Å². The van der Waals surface area contributed by atoms with Gasteiger partial charge < -0.3 is 10.2 Å². The third-order valence-corrected chi connectivity index (χ3v) is 6.23.